The number of nitrogens with zero attached hydrogens (tertiary/aromatic N) is 1. The minimum absolute atomic E-state index is 0.0489. The summed E-state index contributed by atoms with van der Waals surface area (Å²) in [5, 5.41) is 10.7. The average Bonchev–Trinajstić information content (AvgIpc) is 2.46. The van der Waals surface area contributed by atoms with Gasteiger partial charge in [0, 0.05) is 18.3 Å². The van der Waals surface area contributed by atoms with E-state index in [1.807, 2.05) is 0 Å². The third-order valence-corrected chi connectivity index (χ3v) is 3.37. The van der Waals surface area contributed by atoms with E-state index in [-0.39, 0.29) is 18.3 Å². The Kier molecular flexibility index (Phi) is 11.9. The lowest BCUT2D eigenvalue weighted by Crippen LogP contribution is -2.33. The van der Waals surface area contributed by atoms with Gasteiger partial charge in [0.15, 0.2) is 5.11 Å². The maximum Gasteiger partial charge on any atom is 0.375 e. The maximum absolute atomic E-state index is 11.7. The van der Waals surface area contributed by atoms with Gasteiger partial charge in [-0.2, -0.15) is 0 Å². The number of carbonyl (C=O) groups excluding carboxylic acids is 2. The topological polar surface area (TPSA) is 160 Å². The van der Waals surface area contributed by atoms with Crippen LogP contribution in [0.4, 0.5) is 4.79 Å². The first-order valence-electron chi connectivity index (χ1n) is 6.77. The molecule has 0 fully saturated rings. The second kappa shape index (κ2) is 12.8. The summed E-state index contributed by atoms with van der Waals surface area (Å²) in [5.74, 6) is 0. The number of hydrogen-bond donors (Lipinski definition) is 3. The Hall–Kier alpha value is -1.66. The van der Waals surface area contributed by atoms with Crippen LogP contribution in [-0.4, -0.2) is 46.4 Å². The maximum atomic E-state index is 11.7. The van der Waals surface area contributed by atoms with E-state index in [0.29, 0.717) is 44.0 Å². The number of carbonyl (C=O) groups is 2. The van der Waals surface area contributed by atoms with Gasteiger partial charge >= 0.3 is 5.30 Å². The van der Waals surface area contributed by atoms with Crippen LogP contribution in [0.5, 0.6) is 0 Å². The fraction of sp³-hybridized carbons (Fsp3) is 0.727. The first-order chi connectivity index (χ1) is 10.8. The number of hydrogen-bond acceptors (Lipinski definition) is 9. The highest BCUT2D eigenvalue weighted by atomic mass is 32.2. The molecule has 23 heavy (non-hydrogen) atoms. The molecule has 0 bridgehead atoms. The number of thioether (sulfide) groups is 1. The summed E-state index contributed by atoms with van der Waals surface area (Å²) in [4.78, 5) is 37.0. The lowest BCUT2D eigenvalue weighted by molar-refractivity contribution is -0.757. The molecule has 0 amide bonds. The molecule has 5 N–H and O–H groups in total. The van der Waals surface area contributed by atoms with E-state index >= 15 is 0 Å². The number of rotatable bonds is 11. The van der Waals surface area contributed by atoms with Crippen molar-refractivity contribution >= 4 is 39.5 Å². The Bertz CT molecular complexity index is 423. The Morgan fingerprint density at radius 2 is 1.96 bits per heavy atom. The van der Waals surface area contributed by atoms with Gasteiger partial charge in [-0.1, -0.05) is 0 Å². The molecule has 0 aliphatic rings. The molecule has 1 unspecified atom stereocenters. The van der Waals surface area contributed by atoms with Crippen LogP contribution >= 0.6 is 24.0 Å². The Labute approximate surface area is 142 Å². The summed E-state index contributed by atoms with van der Waals surface area (Å²) >= 11 is 5.03. The molecular weight excluding hydrogens is 348 g/mol. The summed E-state index contributed by atoms with van der Waals surface area (Å²) < 4.78 is 4.80. The van der Waals surface area contributed by atoms with Crippen molar-refractivity contribution in [1.29, 1.82) is 0 Å². The van der Waals surface area contributed by atoms with E-state index < -0.39 is 21.5 Å². The number of thiocarbonyl (C=S) groups is 1. The first kappa shape index (κ1) is 21.3. The quantitative estimate of drug-likeness (QED) is 0.151. The fourth-order valence-electron chi connectivity index (χ4n) is 1.34. The Morgan fingerprint density at radius 3 is 2.57 bits per heavy atom. The van der Waals surface area contributed by atoms with Crippen molar-refractivity contribution in [1.82, 2.24) is 5.32 Å². The van der Waals surface area contributed by atoms with Crippen molar-refractivity contribution in [2.45, 2.75) is 31.7 Å². The normalized spacial score (nSPS) is 11.3. The Balaban J connectivity index is 3.69. The monoisotopic (exact) mass is 368 g/mol. The minimum atomic E-state index is -0.890. The predicted octanol–water partition coefficient (Wildman–Crippen LogP) is 0.312. The second-order valence-corrected chi connectivity index (χ2v) is 5.70. The standard InChI is InChI=1S/C11H20N4O6S2/c12-8(4-3-5-14-10(13)22)9(16)23-11(17)20-6-1-2-7-21-15(18)19/h8H,1-7,12H2,(H3,13,14,22). The Morgan fingerprint density at radius 1 is 1.30 bits per heavy atom. The van der Waals surface area contributed by atoms with Crippen molar-refractivity contribution < 1.29 is 24.3 Å². The molecular formula is C11H20N4O6S2. The lowest BCUT2D eigenvalue weighted by atomic mass is 10.2. The number of nitrogens with two attached hydrogens (primary N) is 2. The summed E-state index contributed by atoms with van der Waals surface area (Å²) in [6, 6.07) is -0.783. The molecule has 0 aliphatic heterocycles. The first-order valence-corrected chi connectivity index (χ1v) is 8.00. The van der Waals surface area contributed by atoms with Crippen molar-refractivity contribution in [3.8, 4) is 0 Å². The zero-order chi connectivity index (χ0) is 17.7. The summed E-state index contributed by atoms with van der Waals surface area (Å²) in [6.07, 6.45) is 1.72. The fourth-order valence-corrected chi connectivity index (χ4v) is 2.02. The van der Waals surface area contributed by atoms with Crippen LogP contribution in [0.1, 0.15) is 25.7 Å². The molecule has 0 aromatic rings. The highest BCUT2D eigenvalue weighted by molar-refractivity contribution is 8.25. The van der Waals surface area contributed by atoms with Gasteiger partial charge in [-0.15, -0.1) is 10.1 Å². The average molecular weight is 368 g/mol. The van der Waals surface area contributed by atoms with Crippen molar-refractivity contribution in [2.24, 2.45) is 11.5 Å². The van der Waals surface area contributed by atoms with Gasteiger partial charge in [0.1, 0.15) is 0 Å². The molecule has 10 nitrogen and oxygen atoms in total. The predicted molar refractivity (Wildman–Crippen MR) is 88.1 cm³/mol. The van der Waals surface area contributed by atoms with E-state index in [9.17, 15) is 19.7 Å². The van der Waals surface area contributed by atoms with Crippen LogP contribution in [-0.2, 0) is 14.4 Å². The van der Waals surface area contributed by atoms with E-state index in [4.69, 9.17) is 16.2 Å². The van der Waals surface area contributed by atoms with E-state index in [1.54, 1.807) is 0 Å². The summed E-state index contributed by atoms with van der Waals surface area (Å²) in [5.41, 5.74) is 10.9. The van der Waals surface area contributed by atoms with Crippen LogP contribution in [0.3, 0.4) is 0 Å². The zero-order valence-corrected chi connectivity index (χ0v) is 14.0. The minimum Gasteiger partial charge on any atom is -0.457 e. The van der Waals surface area contributed by atoms with Gasteiger partial charge < -0.3 is 26.4 Å². The van der Waals surface area contributed by atoms with Crippen LogP contribution < -0.4 is 16.8 Å². The van der Waals surface area contributed by atoms with Gasteiger partial charge in [0.2, 0.25) is 5.12 Å². The largest absolute Gasteiger partial charge is 0.457 e. The van der Waals surface area contributed by atoms with E-state index in [0.717, 1.165) is 0 Å². The van der Waals surface area contributed by atoms with Crippen LogP contribution in [0.15, 0.2) is 0 Å². The zero-order valence-electron chi connectivity index (χ0n) is 12.4. The lowest BCUT2D eigenvalue weighted by Gasteiger charge is -2.10. The molecule has 0 aromatic carbocycles. The van der Waals surface area contributed by atoms with Crippen molar-refractivity contribution in [2.75, 3.05) is 19.8 Å². The molecule has 1 atom stereocenters. The van der Waals surface area contributed by atoms with Gasteiger partial charge in [-0.25, -0.2) is 4.79 Å². The van der Waals surface area contributed by atoms with Crippen molar-refractivity contribution in [3.05, 3.63) is 10.1 Å². The van der Waals surface area contributed by atoms with Gasteiger partial charge in [-0.05, 0) is 37.9 Å². The smallest absolute Gasteiger partial charge is 0.375 e. The highest BCUT2D eigenvalue weighted by Gasteiger charge is 2.19. The van der Waals surface area contributed by atoms with Gasteiger partial charge in [0.25, 0.3) is 5.09 Å². The number of ether oxygens (including phenoxy) is 1. The molecule has 0 aliphatic carbocycles. The molecule has 0 rings (SSSR count). The SMILES string of the molecule is NC(=S)NCCCC(N)C(=O)SC(=O)OCCCCO[N+](=O)[O-]. The summed E-state index contributed by atoms with van der Waals surface area (Å²) in [6.45, 7) is 0.479. The molecule has 0 saturated carbocycles. The molecule has 0 saturated heterocycles. The third kappa shape index (κ3) is 13.7. The highest BCUT2D eigenvalue weighted by Crippen LogP contribution is 2.12. The van der Waals surface area contributed by atoms with Crippen molar-refractivity contribution in [3.63, 3.8) is 0 Å². The van der Waals surface area contributed by atoms with Gasteiger partial charge in [-0.3, -0.25) is 4.79 Å². The number of unbranched alkanes of at least 4 members (excludes halogenated alkanes) is 1. The molecule has 0 radical (unpaired) electrons. The van der Waals surface area contributed by atoms with Gasteiger partial charge in [0.05, 0.1) is 19.3 Å². The third-order valence-electron chi connectivity index (χ3n) is 2.43. The van der Waals surface area contributed by atoms with Crippen LogP contribution in [0.25, 0.3) is 0 Å². The molecule has 0 spiro atoms. The van der Waals surface area contributed by atoms with E-state index in [1.165, 1.54) is 0 Å². The van der Waals surface area contributed by atoms with Crippen LogP contribution in [0.2, 0.25) is 0 Å². The molecule has 12 heteroatoms. The number of nitrogens with one attached hydrogen (secondary N) is 1. The summed E-state index contributed by atoms with van der Waals surface area (Å²) in [7, 11) is 0. The molecule has 0 aromatic heterocycles. The van der Waals surface area contributed by atoms with E-state index in [2.05, 4.69) is 22.4 Å². The van der Waals surface area contributed by atoms with Crippen LogP contribution in [0, 0.1) is 10.1 Å². The second-order valence-electron chi connectivity index (χ2n) is 4.32. The molecule has 132 valence electrons. The molecule has 0 heterocycles.